The van der Waals surface area contributed by atoms with Crippen LogP contribution in [0.15, 0.2) is 42.5 Å². The van der Waals surface area contributed by atoms with Crippen LogP contribution in [0.2, 0.25) is 0 Å². The quantitative estimate of drug-likeness (QED) is 0.842. The van der Waals surface area contributed by atoms with Gasteiger partial charge in [0.25, 0.3) is 0 Å². The highest BCUT2D eigenvalue weighted by Gasteiger charge is 2.29. The first kappa shape index (κ1) is 11.8. The molecule has 1 N–H and O–H groups in total. The zero-order valence-electron chi connectivity index (χ0n) is 11.7. The number of ether oxygens (including phenoxy) is 1. The standard InChI is InChI=1S/C18H19NO/c1-12-11-16(14-6-2-3-8-17(14)19-12)15-7-4-5-13-9-10-20-18(13)15/h2-8,12,16,19H,9-11H2,1H3. The lowest BCUT2D eigenvalue weighted by Gasteiger charge is -2.32. The number of hydrogen-bond acceptors (Lipinski definition) is 2. The summed E-state index contributed by atoms with van der Waals surface area (Å²) >= 11 is 0. The van der Waals surface area contributed by atoms with E-state index in [0.29, 0.717) is 12.0 Å². The third-order valence-corrected chi connectivity index (χ3v) is 4.45. The zero-order valence-corrected chi connectivity index (χ0v) is 11.7. The third-order valence-electron chi connectivity index (χ3n) is 4.45. The maximum absolute atomic E-state index is 5.91. The molecule has 2 heterocycles. The van der Waals surface area contributed by atoms with Gasteiger partial charge in [-0.2, -0.15) is 0 Å². The first-order chi connectivity index (χ1) is 9.83. The van der Waals surface area contributed by atoms with Crippen molar-refractivity contribution in [2.24, 2.45) is 0 Å². The van der Waals surface area contributed by atoms with Crippen LogP contribution in [0.25, 0.3) is 0 Å². The van der Waals surface area contributed by atoms with E-state index in [1.807, 2.05) is 0 Å². The Kier molecular flexibility index (Phi) is 2.69. The van der Waals surface area contributed by atoms with Gasteiger partial charge < -0.3 is 10.1 Å². The molecule has 0 aliphatic carbocycles. The molecule has 0 bridgehead atoms. The smallest absolute Gasteiger partial charge is 0.126 e. The molecule has 2 unspecified atom stereocenters. The monoisotopic (exact) mass is 265 g/mol. The molecule has 2 atom stereocenters. The molecule has 0 amide bonds. The fraction of sp³-hybridized carbons (Fsp3) is 0.333. The fourth-order valence-electron chi connectivity index (χ4n) is 3.55. The minimum absolute atomic E-state index is 0.440. The Morgan fingerprint density at radius 3 is 2.85 bits per heavy atom. The van der Waals surface area contributed by atoms with Crippen molar-refractivity contribution >= 4 is 5.69 Å². The summed E-state index contributed by atoms with van der Waals surface area (Å²) in [7, 11) is 0. The topological polar surface area (TPSA) is 21.3 Å². The van der Waals surface area contributed by atoms with Gasteiger partial charge in [0, 0.05) is 29.6 Å². The molecular weight excluding hydrogens is 246 g/mol. The SMILES string of the molecule is CC1CC(c2cccc3c2OCC3)c2ccccc2N1. The molecule has 2 aromatic carbocycles. The molecule has 2 aliphatic rings. The highest BCUT2D eigenvalue weighted by molar-refractivity contribution is 5.60. The van der Waals surface area contributed by atoms with E-state index in [4.69, 9.17) is 4.74 Å². The second kappa shape index (κ2) is 4.55. The number of rotatable bonds is 1. The normalized spacial score (nSPS) is 23.4. The van der Waals surface area contributed by atoms with E-state index in [0.717, 1.165) is 25.2 Å². The molecule has 2 heteroatoms. The molecule has 2 aromatic rings. The van der Waals surface area contributed by atoms with E-state index in [1.54, 1.807) is 0 Å². The van der Waals surface area contributed by atoms with E-state index in [1.165, 1.54) is 22.4 Å². The van der Waals surface area contributed by atoms with Crippen LogP contribution in [-0.2, 0) is 6.42 Å². The van der Waals surface area contributed by atoms with Gasteiger partial charge in [0.1, 0.15) is 5.75 Å². The number of nitrogens with one attached hydrogen (secondary N) is 1. The third kappa shape index (κ3) is 1.79. The predicted molar refractivity (Wildman–Crippen MR) is 81.6 cm³/mol. The van der Waals surface area contributed by atoms with E-state index in [-0.39, 0.29) is 0 Å². The Morgan fingerprint density at radius 1 is 1.05 bits per heavy atom. The lowest BCUT2D eigenvalue weighted by Crippen LogP contribution is -2.26. The van der Waals surface area contributed by atoms with E-state index >= 15 is 0 Å². The summed E-state index contributed by atoms with van der Waals surface area (Å²) in [6, 6.07) is 15.8. The highest BCUT2D eigenvalue weighted by Crippen LogP contribution is 2.44. The second-order valence-corrected chi connectivity index (χ2v) is 5.85. The van der Waals surface area contributed by atoms with Gasteiger partial charge in [-0.1, -0.05) is 36.4 Å². The Labute approximate surface area is 119 Å². The first-order valence-electron chi connectivity index (χ1n) is 7.43. The van der Waals surface area contributed by atoms with Crippen molar-refractivity contribution in [3.63, 3.8) is 0 Å². The van der Waals surface area contributed by atoms with Gasteiger partial charge in [0.05, 0.1) is 6.61 Å². The van der Waals surface area contributed by atoms with Crippen molar-refractivity contribution in [3.8, 4) is 5.75 Å². The summed E-state index contributed by atoms with van der Waals surface area (Å²) < 4.78 is 5.91. The lowest BCUT2D eigenvalue weighted by molar-refractivity contribution is 0.351. The number of benzene rings is 2. The molecule has 0 spiro atoms. The Balaban J connectivity index is 1.85. The average Bonchev–Trinajstić information content (AvgIpc) is 2.94. The van der Waals surface area contributed by atoms with Crippen LogP contribution < -0.4 is 10.1 Å². The second-order valence-electron chi connectivity index (χ2n) is 5.85. The maximum Gasteiger partial charge on any atom is 0.126 e. The summed E-state index contributed by atoms with van der Waals surface area (Å²) in [6.45, 7) is 3.08. The molecule has 102 valence electrons. The predicted octanol–water partition coefficient (Wildman–Crippen LogP) is 3.96. The van der Waals surface area contributed by atoms with E-state index in [9.17, 15) is 0 Å². The van der Waals surface area contributed by atoms with Crippen molar-refractivity contribution in [2.75, 3.05) is 11.9 Å². The number of hydrogen-bond donors (Lipinski definition) is 1. The number of para-hydroxylation sites is 2. The summed E-state index contributed by atoms with van der Waals surface area (Å²) in [5.74, 6) is 1.58. The zero-order chi connectivity index (χ0) is 13.5. The average molecular weight is 265 g/mol. The fourth-order valence-corrected chi connectivity index (χ4v) is 3.55. The highest BCUT2D eigenvalue weighted by atomic mass is 16.5. The van der Waals surface area contributed by atoms with E-state index < -0.39 is 0 Å². The van der Waals surface area contributed by atoms with Crippen LogP contribution >= 0.6 is 0 Å². The first-order valence-corrected chi connectivity index (χ1v) is 7.43. The lowest BCUT2D eigenvalue weighted by atomic mass is 9.81. The minimum atomic E-state index is 0.440. The molecule has 0 saturated heterocycles. The van der Waals surface area contributed by atoms with Crippen LogP contribution in [0.5, 0.6) is 5.75 Å². The van der Waals surface area contributed by atoms with Gasteiger partial charge in [-0.05, 0) is 30.5 Å². The number of anilines is 1. The molecular formula is C18H19NO. The summed E-state index contributed by atoms with van der Waals surface area (Å²) in [4.78, 5) is 0. The van der Waals surface area contributed by atoms with Crippen LogP contribution in [-0.4, -0.2) is 12.6 Å². The Morgan fingerprint density at radius 2 is 1.90 bits per heavy atom. The molecule has 2 nitrogen and oxygen atoms in total. The van der Waals surface area contributed by atoms with Crippen LogP contribution in [0.1, 0.15) is 36.0 Å². The van der Waals surface area contributed by atoms with Gasteiger partial charge in [-0.25, -0.2) is 0 Å². The molecule has 20 heavy (non-hydrogen) atoms. The van der Waals surface area contributed by atoms with Crippen LogP contribution in [0.3, 0.4) is 0 Å². The van der Waals surface area contributed by atoms with Gasteiger partial charge in [-0.15, -0.1) is 0 Å². The summed E-state index contributed by atoms with van der Waals surface area (Å²) in [5.41, 5.74) is 5.40. The van der Waals surface area contributed by atoms with Gasteiger partial charge in [0.15, 0.2) is 0 Å². The maximum atomic E-state index is 5.91. The number of fused-ring (bicyclic) bond motifs is 2. The van der Waals surface area contributed by atoms with Crippen molar-refractivity contribution in [3.05, 3.63) is 59.2 Å². The van der Waals surface area contributed by atoms with Crippen LogP contribution in [0, 0.1) is 0 Å². The molecule has 0 radical (unpaired) electrons. The minimum Gasteiger partial charge on any atom is -0.493 e. The molecule has 0 fully saturated rings. The van der Waals surface area contributed by atoms with Crippen molar-refractivity contribution < 1.29 is 4.74 Å². The van der Waals surface area contributed by atoms with Crippen molar-refractivity contribution in [1.29, 1.82) is 0 Å². The van der Waals surface area contributed by atoms with Gasteiger partial charge in [-0.3, -0.25) is 0 Å². The van der Waals surface area contributed by atoms with Crippen molar-refractivity contribution in [2.45, 2.75) is 31.7 Å². The van der Waals surface area contributed by atoms with Crippen molar-refractivity contribution in [1.82, 2.24) is 0 Å². The van der Waals surface area contributed by atoms with Gasteiger partial charge in [0.2, 0.25) is 0 Å². The Hall–Kier alpha value is -1.96. The molecule has 0 saturated carbocycles. The molecule has 4 rings (SSSR count). The van der Waals surface area contributed by atoms with Gasteiger partial charge >= 0.3 is 0 Å². The summed E-state index contributed by atoms with van der Waals surface area (Å²) in [6.07, 6.45) is 2.17. The molecule has 0 aromatic heterocycles. The van der Waals surface area contributed by atoms with Crippen LogP contribution in [0.4, 0.5) is 5.69 Å². The van der Waals surface area contributed by atoms with E-state index in [2.05, 4.69) is 54.7 Å². The molecule has 2 aliphatic heterocycles. The Bertz CT molecular complexity index is 650. The largest absolute Gasteiger partial charge is 0.493 e. The summed E-state index contributed by atoms with van der Waals surface area (Å²) in [5, 5.41) is 3.59.